The van der Waals surface area contributed by atoms with E-state index in [4.69, 9.17) is 0 Å². The summed E-state index contributed by atoms with van der Waals surface area (Å²) >= 11 is 0. The highest BCUT2D eigenvalue weighted by Gasteiger charge is 2.09. The Morgan fingerprint density at radius 2 is 1.72 bits per heavy atom. The molecule has 0 aliphatic heterocycles. The van der Waals surface area contributed by atoms with Gasteiger partial charge in [0.25, 0.3) is 5.91 Å². The monoisotopic (exact) mass is 330 g/mol. The van der Waals surface area contributed by atoms with Crippen LogP contribution >= 0.6 is 0 Å². The van der Waals surface area contributed by atoms with Gasteiger partial charge in [-0.1, -0.05) is 48.5 Å². The normalized spacial score (nSPS) is 10.3. The summed E-state index contributed by atoms with van der Waals surface area (Å²) in [5.74, 6) is -0.158. The minimum Gasteiger partial charge on any atom is -0.348 e. The van der Waals surface area contributed by atoms with Crippen molar-refractivity contribution in [1.29, 1.82) is 0 Å². The van der Waals surface area contributed by atoms with Crippen molar-refractivity contribution >= 4 is 11.7 Å². The molecule has 4 nitrogen and oxygen atoms in total. The molecule has 0 unspecified atom stereocenters. The van der Waals surface area contributed by atoms with E-state index in [9.17, 15) is 9.59 Å². The Kier molecular flexibility index (Phi) is 5.00. The molecule has 0 aliphatic rings. The number of amides is 1. The first-order chi connectivity index (χ1) is 12.1. The van der Waals surface area contributed by atoms with E-state index in [0.717, 1.165) is 11.1 Å². The molecule has 0 saturated heterocycles. The summed E-state index contributed by atoms with van der Waals surface area (Å²) < 4.78 is 0. The molecule has 0 radical (unpaired) electrons. The van der Waals surface area contributed by atoms with E-state index in [1.807, 2.05) is 42.5 Å². The molecular weight excluding hydrogens is 312 g/mol. The van der Waals surface area contributed by atoms with Gasteiger partial charge in [-0.3, -0.25) is 14.6 Å². The third-order valence-electron chi connectivity index (χ3n) is 3.88. The van der Waals surface area contributed by atoms with Crippen molar-refractivity contribution in [2.75, 3.05) is 0 Å². The molecule has 1 aromatic heterocycles. The van der Waals surface area contributed by atoms with Crippen LogP contribution in [0.2, 0.25) is 0 Å². The van der Waals surface area contributed by atoms with Gasteiger partial charge in [-0.15, -0.1) is 0 Å². The van der Waals surface area contributed by atoms with E-state index in [-0.39, 0.29) is 11.7 Å². The number of nitrogens with one attached hydrogen (secondary N) is 1. The van der Waals surface area contributed by atoms with Crippen LogP contribution in [0.3, 0.4) is 0 Å². The van der Waals surface area contributed by atoms with E-state index in [0.29, 0.717) is 23.4 Å². The molecule has 0 saturated carbocycles. The van der Waals surface area contributed by atoms with E-state index < -0.39 is 0 Å². The number of hydrogen-bond donors (Lipinski definition) is 1. The van der Waals surface area contributed by atoms with Crippen LogP contribution < -0.4 is 5.32 Å². The fraction of sp³-hybridized carbons (Fsp3) is 0.0952. The predicted octanol–water partition coefficient (Wildman–Crippen LogP) is 3.88. The number of Topliss-reactive ketones (excluding diaryl/α,β-unsaturated/α-hetero) is 1. The van der Waals surface area contributed by atoms with Gasteiger partial charge in [-0.2, -0.15) is 0 Å². The summed E-state index contributed by atoms with van der Waals surface area (Å²) in [5.41, 5.74) is 3.67. The van der Waals surface area contributed by atoms with Crippen molar-refractivity contribution in [1.82, 2.24) is 10.3 Å². The molecule has 0 fully saturated rings. The molecule has 25 heavy (non-hydrogen) atoms. The van der Waals surface area contributed by atoms with Crippen LogP contribution in [0.4, 0.5) is 0 Å². The van der Waals surface area contributed by atoms with Gasteiger partial charge in [0, 0.05) is 29.4 Å². The van der Waals surface area contributed by atoms with Gasteiger partial charge < -0.3 is 5.32 Å². The SMILES string of the molecule is CC(=O)c1cccc(-c2cc(C(=O)NCc3ccccc3)ccn2)c1. The van der Waals surface area contributed by atoms with Gasteiger partial charge in [-0.25, -0.2) is 0 Å². The Morgan fingerprint density at radius 3 is 2.48 bits per heavy atom. The Hall–Kier alpha value is -3.27. The first-order valence-electron chi connectivity index (χ1n) is 8.03. The molecule has 1 heterocycles. The zero-order valence-corrected chi connectivity index (χ0v) is 13.9. The lowest BCUT2D eigenvalue weighted by molar-refractivity contribution is 0.0949. The lowest BCUT2D eigenvalue weighted by Gasteiger charge is -2.07. The van der Waals surface area contributed by atoms with Crippen molar-refractivity contribution < 1.29 is 9.59 Å². The summed E-state index contributed by atoms with van der Waals surface area (Å²) in [6.45, 7) is 2.00. The zero-order valence-electron chi connectivity index (χ0n) is 13.9. The molecule has 0 aliphatic carbocycles. The molecular formula is C21H18N2O2. The fourth-order valence-electron chi connectivity index (χ4n) is 2.51. The Morgan fingerprint density at radius 1 is 0.920 bits per heavy atom. The third kappa shape index (κ3) is 4.18. The van der Waals surface area contributed by atoms with Crippen molar-refractivity contribution in [3.05, 3.63) is 89.6 Å². The molecule has 0 bridgehead atoms. The van der Waals surface area contributed by atoms with E-state index in [2.05, 4.69) is 10.3 Å². The summed E-state index contributed by atoms with van der Waals surface area (Å²) in [6, 6.07) is 20.4. The highest BCUT2D eigenvalue weighted by Crippen LogP contribution is 2.19. The number of hydrogen-bond acceptors (Lipinski definition) is 3. The van der Waals surface area contributed by atoms with Crippen LogP contribution in [0.15, 0.2) is 72.9 Å². The number of carbonyl (C=O) groups is 2. The molecule has 124 valence electrons. The van der Waals surface area contributed by atoms with Gasteiger partial charge >= 0.3 is 0 Å². The number of rotatable bonds is 5. The minimum absolute atomic E-state index is 0.00129. The summed E-state index contributed by atoms with van der Waals surface area (Å²) in [7, 11) is 0. The maximum absolute atomic E-state index is 12.4. The van der Waals surface area contributed by atoms with E-state index >= 15 is 0 Å². The van der Waals surface area contributed by atoms with Gasteiger partial charge in [0.1, 0.15) is 0 Å². The minimum atomic E-state index is -0.157. The number of pyridine rings is 1. The predicted molar refractivity (Wildman–Crippen MR) is 97.3 cm³/mol. The van der Waals surface area contributed by atoms with Crippen molar-refractivity contribution in [2.24, 2.45) is 0 Å². The second-order valence-electron chi connectivity index (χ2n) is 5.74. The maximum Gasteiger partial charge on any atom is 0.251 e. The Labute approximate surface area is 146 Å². The van der Waals surface area contributed by atoms with Crippen LogP contribution in [0.25, 0.3) is 11.3 Å². The summed E-state index contributed by atoms with van der Waals surface area (Å²) in [4.78, 5) is 28.2. The topological polar surface area (TPSA) is 59.1 Å². The van der Waals surface area contributed by atoms with Gasteiger partial charge in [-0.05, 0) is 30.7 Å². The first kappa shape index (κ1) is 16.6. The molecule has 3 rings (SSSR count). The van der Waals surface area contributed by atoms with Crippen molar-refractivity contribution in [2.45, 2.75) is 13.5 Å². The quantitative estimate of drug-likeness (QED) is 0.722. The second kappa shape index (κ2) is 7.53. The molecule has 1 N–H and O–H groups in total. The molecule has 4 heteroatoms. The van der Waals surface area contributed by atoms with Crippen LogP contribution in [0.5, 0.6) is 0 Å². The summed E-state index contributed by atoms with van der Waals surface area (Å²) in [6.07, 6.45) is 1.60. The molecule has 1 amide bonds. The van der Waals surface area contributed by atoms with Crippen LogP contribution in [0, 0.1) is 0 Å². The largest absolute Gasteiger partial charge is 0.348 e. The average molecular weight is 330 g/mol. The van der Waals surface area contributed by atoms with Crippen LogP contribution in [0.1, 0.15) is 33.2 Å². The molecule has 0 spiro atoms. The Balaban J connectivity index is 1.78. The zero-order chi connectivity index (χ0) is 17.6. The molecule has 3 aromatic rings. The standard InChI is InChI=1S/C21H18N2O2/c1-15(24)17-8-5-9-18(12-17)20-13-19(10-11-22-20)21(25)23-14-16-6-3-2-4-7-16/h2-13H,14H2,1H3,(H,23,25). The number of carbonyl (C=O) groups excluding carboxylic acids is 2. The van der Waals surface area contributed by atoms with Gasteiger partial charge in [0.05, 0.1) is 5.69 Å². The number of aromatic nitrogens is 1. The van der Waals surface area contributed by atoms with Crippen LogP contribution in [-0.2, 0) is 6.54 Å². The van der Waals surface area contributed by atoms with E-state index in [1.165, 1.54) is 6.92 Å². The lowest BCUT2D eigenvalue weighted by atomic mass is 10.0. The van der Waals surface area contributed by atoms with Gasteiger partial charge in [0.15, 0.2) is 5.78 Å². The number of nitrogens with zero attached hydrogens (tertiary/aromatic N) is 1. The van der Waals surface area contributed by atoms with Crippen LogP contribution in [-0.4, -0.2) is 16.7 Å². The smallest absolute Gasteiger partial charge is 0.251 e. The van der Waals surface area contributed by atoms with Crippen molar-refractivity contribution in [3.63, 3.8) is 0 Å². The average Bonchev–Trinajstić information content (AvgIpc) is 2.67. The first-order valence-corrected chi connectivity index (χ1v) is 8.03. The Bertz CT molecular complexity index is 905. The van der Waals surface area contributed by atoms with Gasteiger partial charge in [0.2, 0.25) is 0 Å². The number of ketones is 1. The maximum atomic E-state index is 12.4. The number of benzene rings is 2. The highest BCUT2D eigenvalue weighted by molar-refractivity contribution is 5.96. The molecule has 0 atom stereocenters. The summed E-state index contributed by atoms with van der Waals surface area (Å²) in [5, 5.41) is 2.90. The van der Waals surface area contributed by atoms with Crippen molar-refractivity contribution in [3.8, 4) is 11.3 Å². The lowest BCUT2D eigenvalue weighted by Crippen LogP contribution is -2.22. The fourth-order valence-corrected chi connectivity index (χ4v) is 2.51. The molecule has 2 aromatic carbocycles. The highest BCUT2D eigenvalue weighted by atomic mass is 16.1. The second-order valence-corrected chi connectivity index (χ2v) is 5.74. The van der Waals surface area contributed by atoms with E-state index in [1.54, 1.807) is 30.5 Å². The third-order valence-corrected chi connectivity index (χ3v) is 3.88.